The van der Waals surface area contributed by atoms with Gasteiger partial charge in [0.15, 0.2) is 0 Å². The summed E-state index contributed by atoms with van der Waals surface area (Å²) < 4.78 is 27.0. The van der Waals surface area contributed by atoms with Crippen molar-refractivity contribution in [2.24, 2.45) is 22.9 Å². The molecule has 0 unspecified atom stereocenters. The van der Waals surface area contributed by atoms with E-state index < -0.39 is 29.4 Å². The van der Waals surface area contributed by atoms with E-state index in [4.69, 9.17) is 28.9 Å². The van der Waals surface area contributed by atoms with Crippen molar-refractivity contribution in [3.05, 3.63) is 139 Å². The summed E-state index contributed by atoms with van der Waals surface area (Å²) in [5.74, 6) is 0.0299. The zero-order valence-electron chi connectivity index (χ0n) is 37.6. The van der Waals surface area contributed by atoms with Crippen LogP contribution in [-0.4, -0.2) is 71.3 Å². The van der Waals surface area contributed by atoms with Crippen molar-refractivity contribution >= 4 is 33.3 Å². The number of allylic oxidation sites excluding steroid dienone is 1. The quantitative estimate of drug-likeness (QED) is 0.0539. The predicted molar refractivity (Wildman–Crippen MR) is 252 cm³/mol. The molecule has 64 heavy (non-hydrogen) atoms. The maximum absolute atomic E-state index is 14.5. The van der Waals surface area contributed by atoms with Gasteiger partial charge >= 0.3 is 6.09 Å². The fourth-order valence-corrected chi connectivity index (χ4v) is 10.3. The largest absolute Gasteiger partial charge is 0.459 e. The molecule has 1 fully saturated rings. The molecule has 0 radical (unpaired) electrons. The zero-order valence-corrected chi connectivity index (χ0v) is 37.6. The van der Waals surface area contributed by atoms with Gasteiger partial charge in [0.1, 0.15) is 28.9 Å². The number of aliphatic hydroxyl groups is 2. The van der Waals surface area contributed by atoms with Crippen LogP contribution in [-0.2, 0) is 20.9 Å². The van der Waals surface area contributed by atoms with Crippen LogP contribution in [0.2, 0.25) is 0 Å². The Bertz CT molecular complexity index is 2500. The van der Waals surface area contributed by atoms with E-state index in [2.05, 4.69) is 61.2 Å². The van der Waals surface area contributed by atoms with Gasteiger partial charge in [0.05, 0.1) is 31.9 Å². The van der Waals surface area contributed by atoms with Crippen LogP contribution < -0.4 is 9.47 Å². The highest BCUT2D eigenvalue weighted by Gasteiger charge is 2.65. The van der Waals surface area contributed by atoms with Crippen LogP contribution in [0.15, 0.2) is 133 Å². The number of carbonyl (C=O) groups is 1. The first-order chi connectivity index (χ1) is 31.1. The lowest BCUT2D eigenvalue weighted by molar-refractivity contribution is -0.256. The first-order valence-electron chi connectivity index (χ1n) is 22.8. The minimum Gasteiger partial charge on any atom is -0.459 e. The molecule has 6 atom stereocenters. The molecule has 10 nitrogen and oxygen atoms in total. The predicted octanol–water partition coefficient (Wildman–Crippen LogP) is 11.5. The summed E-state index contributed by atoms with van der Waals surface area (Å²) in [4.78, 5) is 22.6. The van der Waals surface area contributed by atoms with E-state index in [9.17, 15) is 15.0 Å². The lowest BCUT2D eigenvalue weighted by Gasteiger charge is -2.60. The molecule has 5 aromatic carbocycles. The van der Waals surface area contributed by atoms with E-state index in [0.717, 1.165) is 75.4 Å². The number of aliphatic hydroxyl groups excluding tert-OH is 2. The SMILES string of the molecule is C=CCO[C@@]12Oc3ccc(Oc4ccc5ccccc5c4)cc3[C@H]3[C@H](CCCCO)[C@@H](CCCCO)C=C(C(=NOC(C)(C)C)C[C@@H]1N(Cc1cccc4ccccc14)C(=O)OC)[C@H]32. The number of carbonyl (C=O) groups excluding carboxylic acids is 1. The zero-order chi connectivity index (χ0) is 44.8. The van der Waals surface area contributed by atoms with Crippen LogP contribution in [0.1, 0.15) is 82.8 Å². The van der Waals surface area contributed by atoms with Crippen molar-refractivity contribution in [2.75, 3.05) is 26.9 Å². The van der Waals surface area contributed by atoms with Crippen molar-refractivity contribution in [2.45, 2.75) is 95.6 Å². The number of benzene rings is 5. The van der Waals surface area contributed by atoms with Gasteiger partial charge in [0.25, 0.3) is 0 Å². The standard InChI is InChI=1S/C54H62N2O8/c1-6-30-61-54-49(56(52(59)60-5)35-40-21-15-20-37-17-9-10-22-43(37)40)34-47(55-64-53(2,3)4)45-32-39(19-11-13-28-57)44(23-12-14-29-58)50(51(45)54)46-33-42(26-27-48(46)63-54)62-41-25-24-36-16-7-8-18-38(36)31-41/h6-10,15-18,20-22,24-27,31-33,39,44,49-51,57-58H,1,11-14,19,23,28-30,34-35H2,2-5H3/t39-,44+,49-,50+,51+,54+/m0/s1. The molecule has 0 spiro atoms. The van der Waals surface area contributed by atoms with Gasteiger partial charge < -0.3 is 34.0 Å². The molecule has 2 N–H and O–H groups in total. The van der Waals surface area contributed by atoms with Crippen LogP contribution in [0.25, 0.3) is 21.5 Å². The Kier molecular flexibility index (Phi) is 13.8. The third kappa shape index (κ3) is 9.27. The Hall–Kier alpha value is -5.68. The summed E-state index contributed by atoms with van der Waals surface area (Å²) >= 11 is 0. The van der Waals surface area contributed by atoms with Crippen molar-refractivity contribution in [3.63, 3.8) is 0 Å². The van der Waals surface area contributed by atoms with Crippen molar-refractivity contribution < 1.29 is 38.8 Å². The summed E-state index contributed by atoms with van der Waals surface area (Å²) in [6.45, 7) is 10.6. The topological polar surface area (TPSA) is 119 Å². The summed E-state index contributed by atoms with van der Waals surface area (Å²) in [6.07, 6.45) is 8.45. The molecule has 1 saturated carbocycles. The van der Waals surface area contributed by atoms with Gasteiger partial charge in [-0.2, -0.15) is 0 Å². The number of amides is 1. The molecule has 1 amide bonds. The number of nitrogens with zero attached hydrogens (tertiary/aromatic N) is 2. The molecule has 3 aliphatic rings. The van der Waals surface area contributed by atoms with Gasteiger partial charge in [-0.25, -0.2) is 4.79 Å². The van der Waals surface area contributed by atoms with Crippen molar-refractivity contribution in [1.82, 2.24) is 4.90 Å². The van der Waals surface area contributed by atoms with Crippen LogP contribution in [0.3, 0.4) is 0 Å². The van der Waals surface area contributed by atoms with Gasteiger partial charge in [-0.3, -0.25) is 4.90 Å². The van der Waals surface area contributed by atoms with Crippen molar-refractivity contribution in [1.29, 1.82) is 0 Å². The highest BCUT2D eigenvalue weighted by atomic mass is 16.7. The van der Waals surface area contributed by atoms with Gasteiger partial charge in [-0.15, -0.1) is 6.58 Å². The number of ether oxygens (including phenoxy) is 4. The number of hydrogen-bond acceptors (Lipinski definition) is 9. The average Bonchev–Trinajstić information content (AvgIpc) is 3.30. The molecule has 10 heteroatoms. The number of rotatable bonds is 17. The monoisotopic (exact) mass is 866 g/mol. The molecule has 0 aromatic heterocycles. The minimum absolute atomic E-state index is 0.0532. The van der Waals surface area contributed by atoms with E-state index in [-0.39, 0.29) is 50.5 Å². The lowest BCUT2D eigenvalue weighted by Crippen LogP contribution is -2.70. The van der Waals surface area contributed by atoms with Gasteiger partial charge in [0, 0.05) is 31.1 Å². The molecule has 0 bridgehead atoms. The number of unbranched alkanes of at least 4 members (excludes halogenated alkanes) is 2. The fraction of sp³-hybridized carbons (Fsp3) is 0.407. The Morgan fingerprint density at radius 1 is 0.875 bits per heavy atom. The second kappa shape index (κ2) is 19.6. The van der Waals surface area contributed by atoms with Crippen LogP contribution in [0.4, 0.5) is 4.79 Å². The van der Waals surface area contributed by atoms with Crippen molar-refractivity contribution in [3.8, 4) is 17.2 Å². The molecule has 336 valence electrons. The Morgan fingerprint density at radius 3 is 2.33 bits per heavy atom. The van der Waals surface area contributed by atoms with E-state index in [0.29, 0.717) is 24.3 Å². The molecule has 0 saturated heterocycles. The number of hydrogen-bond donors (Lipinski definition) is 2. The van der Waals surface area contributed by atoms with E-state index in [1.807, 2.05) is 75.4 Å². The third-order valence-electron chi connectivity index (χ3n) is 13.0. The van der Waals surface area contributed by atoms with Crippen LogP contribution >= 0.6 is 0 Å². The molecule has 1 heterocycles. The average molecular weight is 867 g/mol. The third-order valence-corrected chi connectivity index (χ3v) is 13.0. The summed E-state index contributed by atoms with van der Waals surface area (Å²) in [6, 6.07) is 33.9. The summed E-state index contributed by atoms with van der Waals surface area (Å²) in [5, 5.41) is 29.3. The Balaban J connectivity index is 1.35. The molecule has 1 aliphatic heterocycles. The maximum Gasteiger partial charge on any atom is 0.410 e. The van der Waals surface area contributed by atoms with Gasteiger partial charge in [-0.05, 0) is 121 Å². The minimum atomic E-state index is -1.44. The van der Waals surface area contributed by atoms with E-state index in [1.165, 1.54) is 7.11 Å². The highest BCUT2D eigenvalue weighted by Crippen LogP contribution is 2.62. The molecule has 5 aromatic rings. The Morgan fingerprint density at radius 2 is 1.58 bits per heavy atom. The van der Waals surface area contributed by atoms with Crippen LogP contribution in [0, 0.1) is 17.8 Å². The maximum atomic E-state index is 14.5. The second-order valence-corrected chi connectivity index (χ2v) is 18.3. The summed E-state index contributed by atoms with van der Waals surface area (Å²) in [5.41, 5.74) is 3.00. The second-order valence-electron chi connectivity index (χ2n) is 18.3. The number of methoxy groups -OCH3 is 1. The highest BCUT2D eigenvalue weighted by molar-refractivity contribution is 6.03. The fourth-order valence-electron chi connectivity index (χ4n) is 10.3. The van der Waals surface area contributed by atoms with Gasteiger partial charge in [-0.1, -0.05) is 103 Å². The van der Waals surface area contributed by atoms with E-state index >= 15 is 0 Å². The number of fused-ring (bicyclic) bond motifs is 4. The molecule has 2 aliphatic carbocycles. The number of oxime groups is 1. The molecular weight excluding hydrogens is 805 g/mol. The Labute approximate surface area is 377 Å². The molecular formula is C54H62N2O8. The lowest BCUT2D eigenvalue weighted by atomic mass is 9.55. The van der Waals surface area contributed by atoms with Crippen LogP contribution in [0.5, 0.6) is 17.2 Å². The van der Waals surface area contributed by atoms with E-state index in [1.54, 1.807) is 11.0 Å². The van der Waals surface area contributed by atoms with Gasteiger partial charge in [0.2, 0.25) is 5.79 Å². The summed E-state index contributed by atoms with van der Waals surface area (Å²) in [7, 11) is 1.41. The first-order valence-corrected chi connectivity index (χ1v) is 22.8. The smallest absolute Gasteiger partial charge is 0.410 e. The first kappa shape index (κ1) is 44.9. The normalized spacial score (nSPS) is 23.1. The molecule has 8 rings (SSSR count).